The lowest BCUT2D eigenvalue weighted by Gasteiger charge is -2.29. The molecular weight excluding hydrogens is 272 g/mol. The minimum absolute atomic E-state index is 0.288. The van der Waals surface area contributed by atoms with Gasteiger partial charge in [-0.1, -0.05) is 36.4 Å². The highest BCUT2D eigenvalue weighted by molar-refractivity contribution is 6.18. The molecule has 0 amide bonds. The van der Waals surface area contributed by atoms with Gasteiger partial charge in [0.25, 0.3) is 0 Å². The van der Waals surface area contributed by atoms with Crippen LogP contribution in [0.4, 0.5) is 0 Å². The number of methoxy groups -OCH3 is 1. The molecule has 3 nitrogen and oxygen atoms in total. The second kappa shape index (κ2) is 6.73. The van der Waals surface area contributed by atoms with E-state index in [9.17, 15) is 0 Å². The van der Waals surface area contributed by atoms with Crippen molar-refractivity contribution in [2.45, 2.75) is 19.0 Å². The number of rotatable bonds is 6. The van der Waals surface area contributed by atoms with Crippen LogP contribution in [-0.4, -0.2) is 18.0 Å². The second-order valence-corrected chi connectivity index (χ2v) is 5.12. The number of alkyl halides is 1. The maximum absolute atomic E-state index is 6.17. The zero-order valence-corrected chi connectivity index (χ0v) is 12.5. The zero-order valence-electron chi connectivity index (χ0n) is 11.8. The fraction of sp³-hybridized carbons (Fsp3) is 0.312. The van der Waals surface area contributed by atoms with E-state index in [0.717, 1.165) is 11.1 Å². The van der Waals surface area contributed by atoms with E-state index in [0.29, 0.717) is 18.3 Å². The summed E-state index contributed by atoms with van der Waals surface area (Å²) in [6.45, 7) is 2.74. The lowest BCUT2D eigenvalue weighted by molar-refractivity contribution is 0.374. The van der Waals surface area contributed by atoms with Crippen LogP contribution in [0.1, 0.15) is 18.1 Å². The molecule has 106 valence electrons. The molecule has 0 spiro atoms. The van der Waals surface area contributed by atoms with E-state index in [4.69, 9.17) is 16.3 Å². The van der Waals surface area contributed by atoms with Gasteiger partial charge in [0.05, 0.1) is 12.6 Å². The highest BCUT2D eigenvalue weighted by Gasteiger charge is 2.25. The second-order valence-electron chi connectivity index (χ2n) is 4.86. The molecule has 1 N–H and O–H groups in total. The first-order valence-corrected chi connectivity index (χ1v) is 7.07. The van der Waals surface area contributed by atoms with Gasteiger partial charge in [0.2, 0.25) is 5.88 Å². The average Bonchev–Trinajstić information content (AvgIpc) is 2.53. The lowest BCUT2D eigenvalue weighted by Crippen LogP contribution is -2.40. The first-order chi connectivity index (χ1) is 9.69. The van der Waals surface area contributed by atoms with Crippen molar-refractivity contribution in [3.63, 3.8) is 0 Å². The van der Waals surface area contributed by atoms with Gasteiger partial charge in [-0.15, -0.1) is 11.6 Å². The van der Waals surface area contributed by atoms with Crippen LogP contribution >= 0.6 is 11.6 Å². The number of nitrogens with zero attached hydrogens (tertiary/aromatic N) is 1. The zero-order chi connectivity index (χ0) is 14.4. The van der Waals surface area contributed by atoms with Crippen molar-refractivity contribution in [1.29, 1.82) is 0 Å². The van der Waals surface area contributed by atoms with Gasteiger partial charge in [0.15, 0.2) is 0 Å². The minimum Gasteiger partial charge on any atom is -0.481 e. The summed E-state index contributed by atoms with van der Waals surface area (Å²) in [5.74, 6) is 1.13. The molecule has 0 aliphatic heterocycles. The summed E-state index contributed by atoms with van der Waals surface area (Å²) in [5.41, 5.74) is 1.89. The third-order valence-corrected chi connectivity index (χ3v) is 3.93. The van der Waals surface area contributed by atoms with E-state index in [1.807, 2.05) is 30.3 Å². The third kappa shape index (κ3) is 3.30. The lowest BCUT2D eigenvalue weighted by atomic mass is 9.94. The quantitative estimate of drug-likeness (QED) is 0.829. The predicted octanol–water partition coefficient (Wildman–Crippen LogP) is 3.33. The van der Waals surface area contributed by atoms with Crippen LogP contribution in [0.2, 0.25) is 0 Å². The Kier molecular flexibility index (Phi) is 4.99. The van der Waals surface area contributed by atoms with Gasteiger partial charge in [-0.05, 0) is 18.6 Å². The van der Waals surface area contributed by atoms with Crippen LogP contribution in [0.3, 0.4) is 0 Å². The maximum atomic E-state index is 6.17. The summed E-state index contributed by atoms with van der Waals surface area (Å²) in [6, 6.07) is 14.1. The molecule has 4 heteroatoms. The van der Waals surface area contributed by atoms with Crippen LogP contribution in [0.15, 0.2) is 48.7 Å². The van der Waals surface area contributed by atoms with E-state index in [2.05, 4.69) is 29.4 Å². The summed E-state index contributed by atoms with van der Waals surface area (Å²) in [4.78, 5) is 4.20. The van der Waals surface area contributed by atoms with E-state index >= 15 is 0 Å². The SMILES string of the molecule is COc1ncccc1CNC(C)(CCl)c1ccccc1. The molecule has 1 atom stereocenters. The fourth-order valence-electron chi connectivity index (χ4n) is 2.07. The number of ether oxygens (including phenoxy) is 1. The van der Waals surface area contributed by atoms with Gasteiger partial charge in [0, 0.05) is 24.2 Å². The molecular formula is C16H19ClN2O. The predicted molar refractivity (Wildman–Crippen MR) is 82.1 cm³/mol. The summed E-state index contributed by atoms with van der Waals surface area (Å²) in [5, 5.41) is 3.50. The highest BCUT2D eigenvalue weighted by atomic mass is 35.5. The highest BCUT2D eigenvalue weighted by Crippen LogP contribution is 2.24. The Bertz CT molecular complexity index is 547. The first kappa shape index (κ1) is 14.8. The third-order valence-electron chi connectivity index (χ3n) is 3.39. The van der Waals surface area contributed by atoms with E-state index in [-0.39, 0.29) is 5.54 Å². The van der Waals surface area contributed by atoms with Crippen molar-refractivity contribution >= 4 is 11.6 Å². The standard InChI is InChI=1S/C16H19ClN2O/c1-16(12-17,14-8-4-3-5-9-14)19-11-13-7-6-10-18-15(13)20-2/h3-10,19H,11-12H2,1-2H3. The van der Waals surface area contributed by atoms with Crippen molar-refractivity contribution in [2.75, 3.05) is 13.0 Å². The van der Waals surface area contributed by atoms with E-state index < -0.39 is 0 Å². The monoisotopic (exact) mass is 290 g/mol. The molecule has 0 fully saturated rings. The molecule has 0 saturated heterocycles. The topological polar surface area (TPSA) is 34.1 Å². The minimum atomic E-state index is -0.288. The maximum Gasteiger partial charge on any atom is 0.217 e. The number of benzene rings is 1. The number of pyridine rings is 1. The molecule has 0 saturated carbocycles. The van der Waals surface area contributed by atoms with E-state index in [1.165, 1.54) is 0 Å². The Balaban J connectivity index is 2.15. The molecule has 2 rings (SSSR count). The Morgan fingerprint density at radius 2 is 1.95 bits per heavy atom. The van der Waals surface area contributed by atoms with Gasteiger partial charge in [0.1, 0.15) is 0 Å². The van der Waals surface area contributed by atoms with Crippen molar-refractivity contribution in [1.82, 2.24) is 10.3 Å². The number of hydrogen-bond acceptors (Lipinski definition) is 3. The van der Waals surface area contributed by atoms with Crippen LogP contribution < -0.4 is 10.1 Å². The molecule has 1 aromatic heterocycles. The van der Waals surface area contributed by atoms with Gasteiger partial charge in [-0.2, -0.15) is 0 Å². The number of halogens is 1. The molecule has 1 aromatic carbocycles. The number of aromatic nitrogens is 1. The Labute approximate surface area is 124 Å². The van der Waals surface area contributed by atoms with Gasteiger partial charge in [-0.25, -0.2) is 4.98 Å². The van der Waals surface area contributed by atoms with Gasteiger partial charge in [-0.3, -0.25) is 0 Å². The Morgan fingerprint density at radius 3 is 2.60 bits per heavy atom. The molecule has 1 unspecified atom stereocenters. The molecule has 0 aliphatic rings. The molecule has 0 aliphatic carbocycles. The van der Waals surface area contributed by atoms with Gasteiger partial charge < -0.3 is 10.1 Å². The van der Waals surface area contributed by atoms with Crippen molar-refractivity contribution < 1.29 is 4.74 Å². The normalized spacial score (nSPS) is 13.8. The molecule has 20 heavy (non-hydrogen) atoms. The molecule has 0 bridgehead atoms. The fourth-order valence-corrected chi connectivity index (χ4v) is 2.31. The summed E-state index contributed by atoms with van der Waals surface area (Å²) >= 11 is 6.17. The van der Waals surface area contributed by atoms with Gasteiger partial charge >= 0.3 is 0 Å². The number of hydrogen-bond donors (Lipinski definition) is 1. The molecule has 1 heterocycles. The Hall–Kier alpha value is -1.58. The summed E-state index contributed by atoms with van der Waals surface area (Å²) in [6.07, 6.45) is 1.72. The van der Waals surface area contributed by atoms with Crippen LogP contribution in [-0.2, 0) is 12.1 Å². The van der Waals surface area contributed by atoms with Crippen LogP contribution in [0.25, 0.3) is 0 Å². The summed E-state index contributed by atoms with van der Waals surface area (Å²) in [7, 11) is 1.63. The van der Waals surface area contributed by atoms with E-state index in [1.54, 1.807) is 13.3 Å². The Morgan fingerprint density at radius 1 is 1.20 bits per heavy atom. The average molecular weight is 291 g/mol. The summed E-state index contributed by atoms with van der Waals surface area (Å²) < 4.78 is 5.27. The van der Waals surface area contributed by atoms with Crippen molar-refractivity contribution in [3.05, 3.63) is 59.8 Å². The first-order valence-electron chi connectivity index (χ1n) is 6.54. The molecule has 2 aromatic rings. The smallest absolute Gasteiger partial charge is 0.217 e. The van der Waals surface area contributed by atoms with Crippen molar-refractivity contribution in [3.8, 4) is 5.88 Å². The van der Waals surface area contributed by atoms with Crippen LogP contribution in [0, 0.1) is 0 Å². The van der Waals surface area contributed by atoms with Crippen molar-refractivity contribution in [2.24, 2.45) is 0 Å². The largest absolute Gasteiger partial charge is 0.481 e. The number of nitrogens with one attached hydrogen (secondary N) is 1. The van der Waals surface area contributed by atoms with Crippen LogP contribution in [0.5, 0.6) is 5.88 Å². The molecule has 0 radical (unpaired) electrons.